The number of hydrogen-bond donors (Lipinski definition) is 4. The highest BCUT2D eigenvalue weighted by Crippen LogP contribution is 2.32. The third-order valence-electron chi connectivity index (χ3n) is 5.08. The van der Waals surface area contributed by atoms with Crippen molar-refractivity contribution < 1.29 is 29.2 Å². The second-order valence-corrected chi connectivity index (χ2v) is 7.45. The second-order valence-electron chi connectivity index (χ2n) is 7.45. The monoisotopic (exact) mass is 488 g/mol. The molecule has 0 fully saturated rings. The van der Waals surface area contributed by atoms with Crippen LogP contribution in [-0.4, -0.2) is 90.3 Å². The van der Waals surface area contributed by atoms with Gasteiger partial charge in [0.2, 0.25) is 0 Å². The summed E-state index contributed by atoms with van der Waals surface area (Å²) in [7, 11) is 6.14. The molecule has 0 aliphatic carbocycles. The van der Waals surface area contributed by atoms with Crippen molar-refractivity contribution in [1.29, 1.82) is 0 Å². The molecule has 0 aromatic heterocycles. The third kappa shape index (κ3) is 8.99. The quantitative estimate of drug-likeness (QED) is 0.209. The van der Waals surface area contributed by atoms with Crippen LogP contribution < -0.4 is 29.6 Å². The molecule has 2 aromatic carbocycles. The molecule has 0 saturated heterocycles. The fourth-order valence-corrected chi connectivity index (χ4v) is 3.19. The Morgan fingerprint density at radius 1 is 0.657 bits per heavy atom. The Labute approximate surface area is 206 Å². The molecule has 10 heteroatoms. The van der Waals surface area contributed by atoms with E-state index in [9.17, 15) is 10.2 Å². The molecule has 0 aliphatic heterocycles. The lowest BCUT2D eigenvalue weighted by Gasteiger charge is -2.09. The number of nitrogens with zero attached hydrogens (tertiary/aromatic N) is 2. The fourth-order valence-electron chi connectivity index (χ4n) is 3.19. The average molecular weight is 489 g/mol. The molecule has 0 spiro atoms. The van der Waals surface area contributed by atoms with Gasteiger partial charge in [-0.05, 0) is 19.5 Å². The number of phenolic OH excluding ortho intramolecular Hbond substituents is 2. The van der Waals surface area contributed by atoms with Gasteiger partial charge in [0.25, 0.3) is 0 Å². The fraction of sp³-hybridized carbons (Fsp3) is 0.440. The Bertz CT molecular complexity index is 903. The highest BCUT2D eigenvalue weighted by Gasteiger charge is 2.10. The van der Waals surface area contributed by atoms with Crippen molar-refractivity contribution in [2.24, 2.45) is 9.98 Å². The number of aromatic hydroxyl groups is 2. The van der Waals surface area contributed by atoms with Crippen molar-refractivity contribution in [2.75, 3.05) is 67.7 Å². The summed E-state index contributed by atoms with van der Waals surface area (Å²) in [6.07, 6.45) is 4.19. The Morgan fingerprint density at radius 3 is 1.46 bits per heavy atom. The standard InChI is InChI=1S/C25H36N4O6/c1-32-18-12-22(30)20(24(14-18)34-3)16-28-10-8-26-6-5-7-27-9-11-29-17-21-23(31)13-19(33-2)15-25(21)35-4/h12-17,26-27,30-31H,5-11H2,1-4H3. The molecule has 0 saturated carbocycles. The molecule has 192 valence electrons. The zero-order valence-electron chi connectivity index (χ0n) is 20.8. The van der Waals surface area contributed by atoms with E-state index in [0.29, 0.717) is 47.2 Å². The van der Waals surface area contributed by atoms with Gasteiger partial charge in [0.1, 0.15) is 34.5 Å². The number of aliphatic imine (C=N–C) groups is 2. The molecule has 2 rings (SSSR count). The molecule has 0 aliphatic rings. The van der Waals surface area contributed by atoms with Gasteiger partial charge in [0.15, 0.2) is 0 Å². The van der Waals surface area contributed by atoms with E-state index in [4.69, 9.17) is 18.9 Å². The molecule has 0 unspecified atom stereocenters. The second kappa shape index (κ2) is 15.4. The van der Waals surface area contributed by atoms with Crippen LogP contribution in [0.2, 0.25) is 0 Å². The minimum Gasteiger partial charge on any atom is -0.507 e. The summed E-state index contributed by atoms with van der Waals surface area (Å²) in [5, 5.41) is 26.9. The van der Waals surface area contributed by atoms with Crippen LogP contribution in [0, 0.1) is 0 Å². The number of methoxy groups -OCH3 is 4. The van der Waals surface area contributed by atoms with Gasteiger partial charge in [-0.2, -0.15) is 0 Å². The van der Waals surface area contributed by atoms with Gasteiger partial charge in [-0.25, -0.2) is 0 Å². The first-order chi connectivity index (χ1) is 17.0. The molecular weight excluding hydrogens is 452 g/mol. The van der Waals surface area contributed by atoms with Crippen molar-refractivity contribution in [3.63, 3.8) is 0 Å². The van der Waals surface area contributed by atoms with E-state index in [1.54, 1.807) is 24.6 Å². The van der Waals surface area contributed by atoms with Crippen LogP contribution >= 0.6 is 0 Å². The number of phenols is 2. The van der Waals surface area contributed by atoms with Crippen molar-refractivity contribution in [1.82, 2.24) is 10.6 Å². The summed E-state index contributed by atoms with van der Waals surface area (Å²) in [6.45, 7) is 4.34. The molecule has 0 atom stereocenters. The van der Waals surface area contributed by atoms with Crippen molar-refractivity contribution >= 4 is 12.4 Å². The molecule has 0 heterocycles. The summed E-state index contributed by atoms with van der Waals surface area (Å²) in [5.74, 6) is 2.19. The van der Waals surface area contributed by atoms with E-state index in [0.717, 1.165) is 32.6 Å². The Kier molecular flexibility index (Phi) is 12.2. The summed E-state index contributed by atoms with van der Waals surface area (Å²) < 4.78 is 20.8. The zero-order valence-corrected chi connectivity index (χ0v) is 20.8. The van der Waals surface area contributed by atoms with Gasteiger partial charge in [-0.15, -0.1) is 0 Å². The summed E-state index contributed by atoms with van der Waals surface area (Å²) in [5.41, 5.74) is 1.06. The minimum atomic E-state index is 0.0632. The first-order valence-corrected chi connectivity index (χ1v) is 11.3. The number of ether oxygens (including phenoxy) is 4. The van der Waals surface area contributed by atoms with E-state index in [2.05, 4.69) is 20.6 Å². The van der Waals surface area contributed by atoms with E-state index in [-0.39, 0.29) is 11.5 Å². The molecule has 35 heavy (non-hydrogen) atoms. The van der Waals surface area contributed by atoms with Crippen molar-refractivity contribution in [3.8, 4) is 34.5 Å². The predicted molar refractivity (Wildman–Crippen MR) is 138 cm³/mol. The molecule has 0 radical (unpaired) electrons. The smallest absolute Gasteiger partial charge is 0.135 e. The number of rotatable bonds is 16. The van der Waals surface area contributed by atoms with Crippen molar-refractivity contribution in [2.45, 2.75) is 6.42 Å². The summed E-state index contributed by atoms with van der Waals surface area (Å²) in [6, 6.07) is 6.47. The lowest BCUT2D eigenvalue weighted by Crippen LogP contribution is -2.25. The average Bonchev–Trinajstić information content (AvgIpc) is 2.87. The maximum Gasteiger partial charge on any atom is 0.135 e. The molecule has 0 bridgehead atoms. The molecule has 0 amide bonds. The molecular formula is C25H36N4O6. The van der Waals surface area contributed by atoms with Crippen LogP contribution in [0.3, 0.4) is 0 Å². The van der Waals surface area contributed by atoms with Crippen molar-refractivity contribution in [3.05, 3.63) is 35.4 Å². The maximum atomic E-state index is 10.1. The van der Waals surface area contributed by atoms with Gasteiger partial charge in [0.05, 0.1) is 52.7 Å². The molecule has 2 aromatic rings. The van der Waals surface area contributed by atoms with Crippen LogP contribution in [-0.2, 0) is 0 Å². The van der Waals surface area contributed by atoms with E-state index < -0.39 is 0 Å². The third-order valence-corrected chi connectivity index (χ3v) is 5.08. The minimum absolute atomic E-state index is 0.0632. The Morgan fingerprint density at radius 2 is 1.09 bits per heavy atom. The van der Waals surface area contributed by atoms with Gasteiger partial charge in [-0.1, -0.05) is 0 Å². The van der Waals surface area contributed by atoms with Crippen LogP contribution in [0.4, 0.5) is 0 Å². The highest BCUT2D eigenvalue weighted by molar-refractivity contribution is 5.88. The van der Waals surface area contributed by atoms with Gasteiger partial charge in [0, 0.05) is 49.8 Å². The first kappa shape index (κ1) is 27.7. The van der Waals surface area contributed by atoms with Crippen LogP contribution in [0.1, 0.15) is 17.5 Å². The summed E-state index contributed by atoms with van der Waals surface area (Å²) >= 11 is 0. The van der Waals surface area contributed by atoms with Gasteiger partial charge < -0.3 is 39.8 Å². The highest BCUT2D eigenvalue weighted by atomic mass is 16.5. The zero-order chi connectivity index (χ0) is 25.5. The van der Waals surface area contributed by atoms with E-state index in [1.807, 2.05) is 0 Å². The number of hydrogen-bond acceptors (Lipinski definition) is 10. The molecule has 4 N–H and O–H groups in total. The largest absolute Gasteiger partial charge is 0.507 e. The van der Waals surface area contributed by atoms with Crippen LogP contribution in [0.25, 0.3) is 0 Å². The SMILES string of the molecule is COc1cc(O)c(C=NCCNCCCNCCN=Cc2c(O)cc(OC)cc2OC)c(OC)c1. The van der Waals surface area contributed by atoms with E-state index >= 15 is 0 Å². The van der Waals surface area contributed by atoms with E-state index in [1.165, 1.54) is 40.6 Å². The first-order valence-electron chi connectivity index (χ1n) is 11.3. The van der Waals surface area contributed by atoms with Gasteiger partial charge >= 0.3 is 0 Å². The van der Waals surface area contributed by atoms with Crippen LogP contribution in [0.15, 0.2) is 34.3 Å². The van der Waals surface area contributed by atoms with Gasteiger partial charge in [-0.3, -0.25) is 9.98 Å². The predicted octanol–water partition coefficient (Wildman–Crippen LogP) is 2.24. The summed E-state index contributed by atoms with van der Waals surface area (Å²) in [4.78, 5) is 8.71. The number of benzene rings is 2. The normalized spacial score (nSPS) is 11.3. The Hall–Kier alpha value is -3.50. The lowest BCUT2D eigenvalue weighted by atomic mass is 10.2. The molecule has 10 nitrogen and oxygen atoms in total. The lowest BCUT2D eigenvalue weighted by molar-refractivity contribution is 0.384. The number of nitrogens with one attached hydrogen (secondary N) is 2. The van der Waals surface area contributed by atoms with Crippen LogP contribution in [0.5, 0.6) is 34.5 Å². The Balaban J connectivity index is 1.59. The maximum absolute atomic E-state index is 10.1. The topological polar surface area (TPSA) is 126 Å².